The molecule has 0 aliphatic carbocycles. The second-order valence-corrected chi connectivity index (χ2v) is 3.81. The van der Waals surface area contributed by atoms with Crippen LogP contribution in [-0.2, 0) is 4.57 Å². The molecule has 1 aromatic heterocycles. The predicted molar refractivity (Wildman–Crippen MR) is 43.0 cm³/mol. The number of hydrogen-bond donors (Lipinski definition) is 2. The van der Waals surface area contributed by atoms with Crippen molar-refractivity contribution in [1.82, 2.24) is 0 Å². The molecule has 0 saturated carbocycles. The van der Waals surface area contributed by atoms with Gasteiger partial charge in [-0.25, -0.2) is 9.78 Å². The molecule has 0 aliphatic heterocycles. The molecule has 1 unspecified atom stereocenters. The van der Waals surface area contributed by atoms with E-state index in [1.165, 1.54) is 6.07 Å². The van der Waals surface area contributed by atoms with Crippen molar-refractivity contribution < 1.29 is 34.7 Å². The minimum Gasteiger partial charge on any atom is -0.771 e. The van der Waals surface area contributed by atoms with Gasteiger partial charge in [0.1, 0.15) is 0 Å². The fraction of sp³-hybridized carbons (Fsp3) is 0. The van der Waals surface area contributed by atoms with Gasteiger partial charge in [0.25, 0.3) is 5.44 Å². The van der Waals surface area contributed by atoms with Crippen molar-refractivity contribution in [1.29, 1.82) is 0 Å². The summed E-state index contributed by atoms with van der Waals surface area (Å²) in [5.74, 6) is -1.26. The van der Waals surface area contributed by atoms with E-state index in [1.54, 1.807) is 0 Å². The molecule has 0 aliphatic rings. The molecule has 5 N–H and O–H groups in total. The molecule has 1 heterocycles. The van der Waals surface area contributed by atoms with E-state index in [9.17, 15) is 14.3 Å². The zero-order valence-electron chi connectivity index (χ0n) is 6.80. The van der Waals surface area contributed by atoms with E-state index in [0.717, 1.165) is 12.3 Å². The Balaban J connectivity index is 0.00000169. The molecular weight excluding hydrogens is 213 g/mol. The Hall–Kier alpha value is -1.27. The number of aromatic carboxylic acids is 1. The van der Waals surface area contributed by atoms with Gasteiger partial charge >= 0.3 is 5.97 Å². The van der Waals surface area contributed by atoms with E-state index in [0.29, 0.717) is 0 Å². The smallest absolute Gasteiger partial charge is 0.336 e. The first-order chi connectivity index (χ1) is 5.91. The lowest BCUT2D eigenvalue weighted by atomic mass is 10.3. The van der Waals surface area contributed by atoms with Crippen molar-refractivity contribution >= 4 is 19.0 Å². The van der Waals surface area contributed by atoms with Gasteiger partial charge in [0, 0.05) is 12.1 Å². The van der Waals surface area contributed by atoms with Crippen LogP contribution in [0.4, 0.5) is 0 Å². The third-order valence-corrected chi connectivity index (χ3v) is 2.20. The number of nitrogens with one attached hydrogen (secondary N) is 1. The van der Waals surface area contributed by atoms with Crippen LogP contribution < -0.4 is 15.3 Å². The lowest BCUT2D eigenvalue weighted by Crippen LogP contribution is -2.31. The Morgan fingerprint density at radius 1 is 1.57 bits per heavy atom. The van der Waals surface area contributed by atoms with Crippen molar-refractivity contribution in [2.45, 2.75) is 0 Å². The van der Waals surface area contributed by atoms with Crippen LogP contribution in [0, 0.1) is 0 Å². The third kappa shape index (κ3) is 2.90. The van der Waals surface area contributed by atoms with Crippen LogP contribution in [0.25, 0.3) is 0 Å². The lowest BCUT2D eigenvalue weighted by Gasteiger charge is -2.09. The van der Waals surface area contributed by atoms with Gasteiger partial charge in [0.2, 0.25) is 7.60 Å². The van der Waals surface area contributed by atoms with Gasteiger partial charge in [-0.05, 0) is 0 Å². The van der Waals surface area contributed by atoms with Crippen molar-refractivity contribution in [2.75, 3.05) is 0 Å². The van der Waals surface area contributed by atoms with Crippen LogP contribution in [-0.4, -0.2) is 21.4 Å². The Bertz CT molecular complexity index is 386. The summed E-state index contributed by atoms with van der Waals surface area (Å²) in [5.41, 5.74) is -0.730. The molecule has 1 aromatic rings. The largest absolute Gasteiger partial charge is 0.771 e. The van der Waals surface area contributed by atoms with Gasteiger partial charge in [-0.2, -0.15) is 0 Å². The van der Waals surface area contributed by atoms with E-state index in [1.807, 2.05) is 0 Å². The monoisotopic (exact) mass is 221 g/mol. The van der Waals surface area contributed by atoms with Crippen LogP contribution in [0.5, 0.6) is 0 Å². The predicted octanol–water partition coefficient (Wildman–Crippen LogP) is -2.45. The van der Waals surface area contributed by atoms with Crippen LogP contribution in [0.2, 0.25) is 0 Å². The van der Waals surface area contributed by atoms with Gasteiger partial charge in [0.05, 0.1) is 5.56 Å². The summed E-state index contributed by atoms with van der Waals surface area (Å²) >= 11 is 0. The summed E-state index contributed by atoms with van der Waals surface area (Å²) < 4.78 is 10.6. The van der Waals surface area contributed by atoms with Gasteiger partial charge in [-0.15, -0.1) is 0 Å². The third-order valence-electron chi connectivity index (χ3n) is 1.34. The first kappa shape index (κ1) is 12.7. The zero-order chi connectivity index (χ0) is 10.1. The van der Waals surface area contributed by atoms with E-state index < -0.39 is 19.0 Å². The SMILES string of the molecule is O.O=C(O)c1cc[nH+]c(P(=O)([O-])O)c1. The summed E-state index contributed by atoms with van der Waals surface area (Å²) in [7, 11) is -4.65. The average molecular weight is 221 g/mol. The van der Waals surface area contributed by atoms with Gasteiger partial charge < -0.3 is 20.4 Å². The van der Waals surface area contributed by atoms with Crippen molar-refractivity contribution in [3.8, 4) is 0 Å². The molecule has 0 amide bonds. The highest BCUT2D eigenvalue weighted by Gasteiger charge is 2.17. The number of aromatic nitrogens is 1. The minimum atomic E-state index is -4.65. The molecule has 0 aromatic carbocycles. The van der Waals surface area contributed by atoms with Crippen LogP contribution >= 0.6 is 7.60 Å². The summed E-state index contributed by atoms with van der Waals surface area (Å²) in [6, 6.07) is 2.03. The fourth-order valence-corrected chi connectivity index (χ4v) is 1.29. The van der Waals surface area contributed by atoms with E-state index in [-0.39, 0.29) is 11.0 Å². The Labute approximate surface area is 78.5 Å². The molecule has 1 rings (SSSR count). The molecule has 0 saturated heterocycles. The van der Waals surface area contributed by atoms with Crippen molar-refractivity contribution in [3.05, 3.63) is 23.9 Å². The number of rotatable bonds is 2. The molecule has 14 heavy (non-hydrogen) atoms. The molecular formula is C6H8NO6P. The number of carbonyl (C=O) groups is 1. The average Bonchev–Trinajstić information content (AvgIpc) is 2.03. The summed E-state index contributed by atoms with van der Waals surface area (Å²) in [5, 5.41) is 8.49. The van der Waals surface area contributed by atoms with Gasteiger partial charge in [-0.3, -0.25) is 4.57 Å². The van der Waals surface area contributed by atoms with Crippen molar-refractivity contribution in [2.24, 2.45) is 0 Å². The summed E-state index contributed by atoms with van der Waals surface area (Å²) in [6.07, 6.45) is 1.12. The molecule has 0 spiro atoms. The van der Waals surface area contributed by atoms with Crippen LogP contribution in [0.1, 0.15) is 10.4 Å². The first-order valence-electron chi connectivity index (χ1n) is 3.20. The normalized spacial score (nSPS) is 13.9. The molecule has 1 atom stereocenters. The maximum Gasteiger partial charge on any atom is 0.336 e. The number of carboxylic acid groups (broad SMARTS) is 1. The van der Waals surface area contributed by atoms with E-state index in [2.05, 4.69) is 4.98 Å². The maximum atomic E-state index is 10.6. The van der Waals surface area contributed by atoms with Crippen molar-refractivity contribution in [3.63, 3.8) is 0 Å². The van der Waals surface area contributed by atoms with Gasteiger partial charge in [-0.1, -0.05) is 0 Å². The second kappa shape index (κ2) is 4.30. The molecule has 78 valence electrons. The number of aromatic amines is 1. The van der Waals surface area contributed by atoms with E-state index >= 15 is 0 Å². The number of pyridine rings is 1. The first-order valence-corrected chi connectivity index (χ1v) is 4.78. The lowest BCUT2D eigenvalue weighted by molar-refractivity contribution is -0.361. The topological polar surface area (TPSA) is 143 Å². The van der Waals surface area contributed by atoms with E-state index in [4.69, 9.17) is 10.00 Å². The Morgan fingerprint density at radius 3 is 2.57 bits per heavy atom. The highest BCUT2D eigenvalue weighted by molar-refractivity contribution is 7.58. The van der Waals surface area contributed by atoms with Crippen LogP contribution in [0.3, 0.4) is 0 Å². The molecule has 7 nitrogen and oxygen atoms in total. The van der Waals surface area contributed by atoms with Gasteiger partial charge in [0.15, 0.2) is 6.20 Å². The molecule has 8 heteroatoms. The minimum absolute atomic E-state index is 0. The standard InChI is InChI=1S/C6H6NO5P.H2O/c8-6(9)4-1-2-7-5(3-4)13(10,11)12;/h1-3H,(H,8,9)(H2,10,11,12);1H2. The molecule has 0 fully saturated rings. The highest BCUT2D eigenvalue weighted by atomic mass is 31.2. The number of carboxylic acids is 1. The fourth-order valence-electron chi connectivity index (χ4n) is 0.750. The quantitative estimate of drug-likeness (QED) is 0.532. The molecule has 0 radical (unpaired) electrons. The number of H-pyrrole nitrogens is 1. The zero-order valence-corrected chi connectivity index (χ0v) is 7.69. The molecule has 0 bridgehead atoms. The second-order valence-electron chi connectivity index (χ2n) is 2.29. The summed E-state index contributed by atoms with van der Waals surface area (Å²) in [4.78, 5) is 31.7. The van der Waals surface area contributed by atoms with Crippen LogP contribution in [0.15, 0.2) is 18.3 Å². The highest BCUT2D eigenvalue weighted by Crippen LogP contribution is 2.24. The summed E-state index contributed by atoms with van der Waals surface area (Å²) in [6.45, 7) is 0. The Kier molecular flexibility index (Phi) is 3.91. The maximum absolute atomic E-state index is 10.6. The Morgan fingerprint density at radius 2 is 2.14 bits per heavy atom. The number of hydrogen-bond acceptors (Lipinski definition) is 3.